The molecular weight excluding hydrogens is 196 g/mol. The zero-order valence-corrected chi connectivity index (χ0v) is 7.87. The first-order chi connectivity index (χ1) is 5.87. The lowest BCUT2D eigenvalue weighted by Gasteiger charge is -2.00. The summed E-state index contributed by atoms with van der Waals surface area (Å²) in [6.07, 6.45) is 0. The minimum atomic E-state index is -4.54. The molecule has 0 spiro atoms. The highest BCUT2D eigenvalue weighted by atomic mass is 32.3. The van der Waals surface area contributed by atoms with Crippen LogP contribution in [0.5, 0.6) is 6.01 Å². The van der Waals surface area contributed by atoms with Crippen LogP contribution in [0.4, 0.5) is 0 Å². The summed E-state index contributed by atoms with van der Waals surface area (Å²) >= 11 is 0. The SMILES string of the molecule is Cc1cc(C)nc(OS(=O)(=O)O)n1. The largest absolute Gasteiger partial charge is 0.449 e. The molecule has 0 amide bonds. The molecule has 6 nitrogen and oxygen atoms in total. The van der Waals surface area contributed by atoms with Crippen LogP contribution < -0.4 is 4.18 Å². The first-order valence-corrected chi connectivity index (χ1v) is 4.72. The van der Waals surface area contributed by atoms with Crippen LogP contribution in [-0.2, 0) is 10.4 Å². The van der Waals surface area contributed by atoms with Crippen LogP contribution in [0.1, 0.15) is 11.4 Å². The van der Waals surface area contributed by atoms with Gasteiger partial charge in [-0.05, 0) is 19.9 Å². The standard InChI is InChI=1S/C6H8N2O4S/c1-4-3-5(2)8-6(7-4)12-13(9,10)11/h3H,1-2H3,(H,9,10,11). The number of nitrogens with zero attached hydrogens (tertiary/aromatic N) is 2. The number of hydrogen-bond donors (Lipinski definition) is 1. The number of hydrogen-bond acceptors (Lipinski definition) is 5. The van der Waals surface area contributed by atoms with Crippen LogP contribution in [0.25, 0.3) is 0 Å². The molecular formula is C6H8N2O4S. The molecule has 0 aliphatic carbocycles. The molecule has 13 heavy (non-hydrogen) atoms. The van der Waals surface area contributed by atoms with Gasteiger partial charge in [-0.1, -0.05) is 0 Å². The van der Waals surface area contributed by atoms with Gasteiger partial charge in [-0.25, -0.2) is 0 Å². The third-order valence-electron chi connectivity index (χ3n) is 1.14. The molecule has 1 aromatic rings. The van der Waals surface area contributed by atoms with Gasteiger partial charge in [0, 0.05) is 11.4 Å². The average molecular weight is 204 g/mol. The lowest BCUT2D eigenvalue weighted by Crippen LogP contribution is -2.09. The van der Waals surface area contributed by atoms with Crippen LogP contribution in [0.15, 0.2) is 6.07 Å². The second-order valence-electron chi connectivity index (χ2n) is 2.44. The molecule has 0 aromatic carbocycles. The Morgan fingerprint density at radius 1 is 1.31 bits per heavy atom. The Bertz CT molecular complexity index is 394. The fourth-order valence-corrected chi connectivity index (χ4v) is 1.09. The van der Waals surface area contributed by atoms with E-state index in [0.717, 1.165) is 0 Å². The number of rotatable bonds is 2. The lowest BCUT2D eigenvalue weighted by molar-refractivity contribution is 0.373. The Balaban J connectivity index is 3.03. The molecule has 0 saturated carbocycles. The molecule has 1 aromatic heterocycles. The summed E-state index contributed by atoms with van der Waals surface area (Å²) in [6.45, 7) is 3.32. The molecule has 0 radical (unpaired) electrons. The summed E-state index contributed by atoms with van der Waals surface area (Å²) in [5.41, 5.74) is 1.12. The van der Waals surface area contributed by atoms with Crippen molar-refractivity contribution in [2.24, 2.45) is 0 Å². The van der Waals surface area contributed by atoms with Crippen LogP contribution in [0.3, 0.4) is 0 Å². The summed E-state index contributed by atoms with van der Waals surface area (Å²) in [5.74, 6) is 0. The number of aromatic nitrogens is 2. The third kappa shape index (κ3) is 3.34. The molecule has 0 bridgehead atoms. The summed E-state index contributed by atoms with van der Waals surface area (Å²) in [7, 11) is -4.54. The Hall–Kier alpha value is -1.21. The monoisotopic (exact) mass is 204 g/mol. The zero-order valence-electron chi connectivity index (χ0n) is 7.05. The molecule has 0 aliphatic heterocycles. The van der Waals surface area contributed by atoms with Gasteiger partial charge in [0.05, 0.1) is 0 Å². The van der Waals surface area contributed by atoms with Gasteiger partial charge in [-0.2, -0.15) is 18.4 Å². The molecule has 0 aliphatic rings. The van der Waals surface area contributed by atoms with Gasteiger partial charge < -0.3 is 4.18 Å². The highest BCUT2D eigenvalue weighted by molar-refractivity contribution is 7.81. The first kappa shape index (κ1) is 9.87. The lowest BCUT2D eigenvalue weighted by atomic mass is 10.4. The van der Waals surface area contributed by atoms with Crippen molar-refractivity contribution >= 4 is 10.4 Å². The second kappa shape index (κ2) is 3.27. The van der Waals surface area contributed by atoms with E-state index in [1.165, 1.54) is 0 Å². The van der Waals surface area contributed by atoms with Gasteiger partial charge in [-0.15, -0.1) is 0 Å². The van der Waals surface area contributed by atoms with Gasteiger partial charge in [0.1, 0.15) is 0 Å². The predicted octanol–water partition coefficient (Wildman–Crippen LogP) is 0.275. The molecule has 1 heterocycles. The van der Waals surface area contributed by atoms with Gasteiger partial charge in [0.25, 0.3) is 0 Å². The van der Waals surface area contributed by atoms with Crippen molar-refractivity contribution in [2.75, 3.05) is 0 Å². The maximum Gasteiger partial charge on any atom is 0.449 e. The molecule has 0 atom stereocenters. The van der Waals surface area contributed by atoms with Crippen LogP contribution in [0.2, 0.25) is 0 Å². The van der Waals surface area contributed by atoms with Crippen LogP contribution >= 0.6 is 0 Å². The van der Waals surface area contributed by atoms with Gasteiger partial charge in [-0.3, -0.25) is 4.55 Å². The molecule has 0 fully saturated rings. The fraction of sp³-hybridized carbons (Fsp3) is 0.333. The minimum absolute atomic E-state index is 0.375. The van der Waals surface area contributed by atoms with Crippen molar-refractivity contribution in [3.63, 3.8) is 0 Å². The van der Waals surface area contributed by atoms with E-state index in [9.17, 15) is 8.42 Å². The molecule has 1 rings (SSSR count). The summed E-state index contributed by atoms with van der Waals surface area (Å²) < 4.78 is 32.9. The van der Waals surface area contributed by atoms with Crippen molar-refractivity contribution < 1.29 is 17.2 Å². The van der Waals surface area contributed by atoms with E-state index < -0.39 is 10.4 Å². The van der Waals surface area contributed by atoms with Gasteiger partial charge in [0.15, 0.2) is 0 Å². The van der Waals surface area contributed by atoms with E-state index in [2.05, 4.69) is 14.2 Å². The van der Waals surface area contributed by atoms with E-state index in [1.54, 1.807) is 19.9 Å². The van der Waals surface area contributed by atoms with Crippen molar-refractivity contribution in [2.45, 2.75) is 13.8 Å². The van der Waals surface area contributed by atoms with Crippen molar-refractivity contribution in [3.05, 3.63) is 17.5 Å². The minimum Gasteiger partial charge on any atom is -0.322 e. The first-order valence-electron chi connectivity index (χ1n) is 3.36. The quantitative estimate of drug-likeness (QED) is 0.696. The third-order valence-corrected chi connectivity index (χ3v) is 1.50. The highest BCUT2D eigenvalue weighted by Crippen LogP contribution is 2.07. The van der Waals surface area contributed by atoms with E-state index >= 15 is 0 Å². The molecule has 72 valence electrons. The van der Waals surface area contributed by atoms with E-state index in [0.29, 0.717) is 11.4 Å². The Morgan fingerprint density at radius 2 is 1.77 bits per heavy atom. The molecule has 0 unspecified atom stereocenters. The molecule has 1 N–H and O–H groups in total. The van der Waals surface area contributed by atoms with E-state index in [1.807, 2.05) is 0 Å². The van der Waals surface area contributed by atoms with E-state index in [-0.39, 0.29) is 6.01 Å². The predicted molar refractivity (Wildman–Crippen MR) is 43.7 cm³/mol. The fourth-order valence-electron chi connectivity index (χ4n) is 0.825. The van der Waals surface area contributed by atoms with Gasteiger partial charge >= 0.3 is 16.4 Å². The maximum atomic E-state index is 10.3. The smallest absolute Gasteiger partial charge is 0.322 e. The Kier molecular flexibility index (Phi) is 2.48. The van der Waals surface area contributed by atoms with Crippen molar-refractivity contribution in [1.29, 1.82) is 0 Å². The van der Waals surface area contributed by atoms with Crippen LogP contribution in [-0.4, -0.2) is 22.9 Å². The maximum absolute atomic E-state index is 10.3. The van der Waals surface area contributed by atoms with E-state index in [4.69, 9.17) is 4.55 Å². The molecule has 7 heteroatoms. The summed E-state index contributed by atoms with van der Waals surface area (Å²) in [6, 6.07) is 1.27. The second-order valence-corrected chi connectivity index (χ2v) is 3.47. The Labute approximate surface area is 75.6 Å². The average Bonchev–Trinajstić information content (AvgIpc) is 1.78. The summed E-state index contributed by atoms with van der Waals surface area (Å²) in [5, 5.41) is 0. The zero-order chi connectivity index (χ0) is 10.1. The summed E-state index contributed by atoms with van der Waals surface area (Å²) in [4.78, 5) is 7.29. The number of aryl methyl sites for hydroxylation is 2. The highest BCUT2D eigenvalue weighted by Gasteiger charge is 2.09. The molecule has 0 saturated heterocycles. The van der Waals surface area contributed by atoms with Crippen molar-refractivity contribution in [3.8, 4) is 6.01 Å². The van der Waals surface area contributed by atoms with Crippen molar-refractivity contribution in [1.82, 2.24) is 9.97 Å². The Morgan fingerprint density at radius 3 is 2.15 bits per heavy atom. The van der Waals surface area contributed by atoms with Crippen LogP contribution in [0, 0.1) is 13.8 Å². The topological polar surface area (TPSA) is 89.4 Å². The van der Waals surface area contributed by atoms with Gasteiger partial charge in [0.2, 0.25) is 0 Å². The normalized spacial score (nSPS) is 11.3.